The summed E-state index contributed by atoms with van der Waals surface area (Å²) in [5, 5.41) is 18.8. The van der Waals surface area contributed by atoms with E-state index < -0.39 is 29.7 Å². The highest BCUT2D eigenvalue weighted by molar-refractivity contribution is 5.96. The van der Waals surface area contributed by atoms with Crippen LogP contribution in [-0.4, -0.2) is 28.6 Å². The minimum atomic E-state index is -1.01. The van der Waals surface area contributed by atoms with E-state index in [0.29, 0.717) is 11.3 Å². The Morgan fingerprint density at radius 2 is 2.12 bits per heavy atom. The Balaban J connectivity index is 1.95. The normalized spacial score (nSPS) is 20.2. The molecule has 1 aliphatic heterocycles. The number of hydrogen-bond acceptors (Lipinski definition) is 4. The van der Waals surface area contributed by atoms with E-state index in [1.165, 1.54) is 17.0 Å². The number of β-amino-alcohol motifs (C(OH)–C–C–N with tert-alkyl or cyclic N) is 1. The first kappa shape index (κ1) is 16.1. The van der Waals surface area contributed by atoms with Crippen molar-refractivity contribution in [1.82, 2.24) is 4.90 Å². The molecule has 0 aliphatic carbocycles. The minimum absolute atomic E-state index is 0.0139. The van der Waals surface area contributed by atoms with Gasteiger partial charge in [0.05, 0.1) is 17.7 Å². The molecule has 1 amide bonds. The smallest absolute Gasteiger partial charge is 0.258 e. The van der Waals surface area contributed by atoms with Gasteiger partial charge in [-0.25, -0.2) is 8.78 Å². The number of nitriles is 1. The fraction of sp³-hybridized carbons (Fsp3) is 0.294. The van der Waals surface area contributed by atoms with Gasteiger partial charge in [0.15, 0.2) is 11.6 Å². The first-order valence-corrected chi connectivity index (χ1v) is 7.35. The largest absolute Gasteiger partial charge is 0.450 e. The van der Waals surface area contributed by atoms with Crippen LogP contribution in [0.4, 0.5) is 8.78 Å². The van der Waals surface area contributed by atoms with Gasteiger partial charge in [0, 0.05) is 12.6 Å². The highest BCUT2D eigenvalue weighted by Gasteiger charge is 2.37. The fourth-order valence-electron chi connectivity index (χ4n) is 2.98. The summed E-state index contributed by atoms with van der Waals surface area (Å²) in [5.74, 6) is -2.10. The lowest BCUT2D eigenvalue weighted by molar-refractivity contribution is 0.0713. The summed E-state index contributed by atoms with van der Waals surface area (Å²) in [6.45, 7) is 1.63. The van der Waals surface area contributed by atoms with Gasteiger partial charge in [-0.1, -0.05) is 6.07 Å². The topological polar surface area (TPSA) is 77.5 Å². The molecule has 1 N–H and O–H groups in total. The zero-order valence-corrected chi connectivity index (χ0v) is 12.8. The highest BCUT2D eigenvalue weighted by Crippen LogP contribution is 2.34. The van der Waals surface area contributed by atoms with Crippen molar-refractivity contribution < 1.29 is 23.1 Å². The molecule has 1 aliphatic rings. The number of halogens is 2. The van der Waals surface area contributed by atoms with Crippen molar-refractivity contribution >= 4 is 5.91 Å². The molecular formula is C17H14F2N2O3. The van der Waals surface area contributed by atoms with Crippen molar-refractivity contribution in [3.8, 4) is 6.07 Å². The van der Waals surface area contributed by atoms with Crippen LogP contribution >= 0.6 is 0 Å². The number of likely N-dealkylation sites (tertiary alicyclic amines) is 1. The van der Waals surface area contributed by atoms with Crippen LogP contribution in [0, 0.1) is 29.9 Å². The Hall–Kier alpha value is -2.72. The molecule has 0 saturated carbocycles. The van der Waals surface area contributed by atoms with Gasteiger partial charge in [-0.3, -0.25) is 4.79 Å². The van der Waals surface area contributed by atoms with E-state index in [1.54, 1.807) is 6.92 Å². The van der Waals surface area contributed by atoms with Gasteiger partial charge in [0.2, 0.25) is 5.76 Å². The zero-order chi connectivity index (χ0) is 17.4. The number of rotatable bonds is 2. The third-order valence-corrected chi connectivity index (χ3v) is 4.13. The van der Waals surface area contributed by atoms with Crippen molar-refractivity contribution in [2.75, 3.05) is 6.54 Å². The molecule has 3 rings (SSSR count). The van der Waals surface area contributed by atoms with Gasteiger partial charge < -0.3 is 14.4 Å². The Morgan fingerprint density at radius 1 is 1.38 bits per heavy atom. The van der Waals surface area contributed by atoms with E-state index in [4.69, 9.17) is 9.68 Å². The van der Waals surface area contributed by atoms with Crippen LogP contribution in [0.2, 0.25) is 0 Å². The number of benzene rings is 1. The maximum Gasteiger partial charge on any atom is 0.258 e. The number of amides is 1. The first-order chi connectivity index (χ1) is 11.4. The van der Waals surface area contributed by atoms with Gasteiger partial charge in [0.1, 0.15) is 11.8 Å². The number of furan rings is 1. The van der Waals surface area contributed by atoms with Crippen LogP contribution in [0.1, 0.15) is 39.9 Å². The van der Waals surface area contributed by atoms with Crippen molar-refractivity contribution in [1.29, 1.82) is 5.26 Å². The number of aryl methyl sites for hydroxylation is 1. The molecule has 1 aromatic heterocycles. The van der Waals surface area contributed by atoms with Crippen molar-refractivity contribution in [2.24, 2.45) is 0 Å². The summed E-state index contributed by atoms with van der Waals surface area (Å²) >= 11 is 0. The van der Waals surface area contributed by atoms with Crippen LogP contribution in [0.15, 0.2) is 28.7 Å². The molecule has 24 heavy (non-hydrogen) atoms. The van der Waals surface area contributed by atoms with Crippen molar-refractivity contribution in [2.45, 2.75) is 25.5 Å². The lowest BCUT2D eigenvalue weighted by Gasteiger charge is -2.24. The maximum atomic E-state index is 13.5. The third-order valence-electron chi connectivity index (χ3n) is 4.13. The molecule has 0 bridgehead atoms. The summed E-state index contributed by atoms with van der Waals surface area (Å²) in [5.41, 5.74) is 0.619. The third kappa shape index (κ3) is 2.76. The van der Waals surface area contributed by atoms with E-state index in [2.05, 4.69) is 0 Å². The van der Waals surface area contributed by atoms with E-state index in [1.807, 2.05) is 6.07 Å². The summed E-state index contributed by atoms with van der Waals surface area (Å²) in [6.07, 6.45) is -0.548. The standard InChI is InChI=1S/C17H14F2N2O3/c1-9-13(6-12(7-20)24-9)17(23)21-8-11(22)5-16(21)10-2-3-14(18)15(19)4-10/h2-4,6,11,16,22H,5,8H2,1H3/t11-,16-/m1/s1. The van der Waals surface area contributed by atoms with Crippen LogP contribution in [0.25, 0.3) is 0 Å². The Morgan fingerprint density at radius 3 is 2.75 bits per heavy atom. The van der Waals surface area contributed by atoms with Gasteiger partial charge in [-0.15, -0.1) is 0 Å². The van der Waals surface area contributed by atoms with Crippen LogP contribution in [0.3, 0.4) is 0 Å². The zero-order valence-electron chi connectivity index (χ0n) is 12.8. The molecule has 1 aromatic carbocycles. The second-order valence-electron chi connectivity index (χ2n) is 5.73. The molecule has 2 atom stereocenters. The van der Waals surface area contributed by atoms with Gasteiger partial charge in [-0.2, -0.15) is 5.26 Å². The van der Waals surface area contributed by atoms with Crippen molar-refractivity contribution in [3.05, 3.63) is 58.5 Å². The lowest BCUT2D eigenvalue weighted by Crippen LogP contribution is -2.32. The fourth-order valence-corrected chi connectivity index (χ4v) is 2.98. The van der Waals surface area contributed by atoms with E-state index in [9.17, 15) is 18.7 Å². The number of aliphatic hydroxyl groups is 1. The van der Waals surface area contributed by atoms with Gasteiger partial charge >= 0.3 is 0 Å². The predicted octanol–water partition coefficient (Wildman–Crippen LogP) is 2.69. The average Bonchev–Trinajstić information content (AvgIpc) is 3.12. The van der Waals surface area contributed by atoms with Gasteiger partial charge in [-0.05, 0) is 31.0 Å². The second kappa shape index (κ2) is 6.06. The van der Waals surface area contributed by atoms with Crippen molar-refractivity contribution in [3.63, 3.8) is 0 Å². The molecule has 2 aromatic rings. The lowest BCUT2D eigenvalue weighted by atomic mass is 10.0. The number of carbonyl (C=O) groups is 1. The number of aliphatic hydroxyl groups excluding tert-OH is 1. The maximum absolute atomic E-state index is 13.5. The Labute approximate surface area is 136 Å². The summed E-state index contributed by atoms with van der Waals surface area (Å²) in [6, 6.07) is 6.00. The van der Waals surface area contributed by atoms with E-state index in [-0.39, 0.29) is 24.3 Å². The SMILES string of the molecule is Cc1oc(C#N)cc1C(=O)N1C[C@H](O)C[C@@H]1c1ccc(F)c(F)c1. The summed E-state index contributed by atoms with van der Waals surface area (Å²) in [4.78, 5) is 14.1. The molecule has 0 spiro atoms. The van der Waals surface area contributed by atoms with E-state index >= 15 is 0 Å². The molecule has 0 radical (unpaired) electrons. The van der Waals surface area contributed by atoms with E-state index in [0.717, 1.165) is 12.1 Å². The van der Waals surface area contributed by atoms with Crippen LogP contribution in [-0.2, 0) is 0 Å². The monoisotopic (exact) mass is 332 g/mol. The molecular weight excluding hydrogens is 318 g/mol. The molecule has 2 heterocycles. The highest BCUT2D eigenvalue weighted by atomic mass is 19.2. The Bertz CT molecular complexity index is 841. The first-order valence-electron chi connectivity index (χ1n) is 7.35. The quantitative estimate of drug-likeness (QED) is 0.917. The molecule has 1 saturated heterocycles. The number of nitrogens with zero attached hydrogens (tertiary/aromatic N) is 2. The minimum Gasteiger partial charge on any atom is -0.450 e. The predicted molar refractivity (Wildman–Crippen MR) is 78.9 cm³/mol. The molecule has 124 valence electrons. The molecule has 1 fully saturated rings. The van der Waals surface area contributed by atoms with Crippen LogP contribution in [0.5, 0.6) is 0 Å². The number of carbonyl (C=O) groups excluding carboxylic acids is 1. The molecule has 7 heteroatoms. The summed E-state index contributed by atoms with van der Waals surface area (Å²) < 4.78 is 31.8. The van der Waals surface area contributed by atoms with Crippen LogP contribution < -0.4 is 0 Å². The number of hydrogen-bond donors (Lipinski definition) is 1. The summed E-state index contributed by atoms with van der Waals surface area (Å²) in [7, 11) is 0. The molecule has 0 unspecified atom stereocenters. The molecule has 5 nitrogen and oxygen atoms in total. The van der Waals surface area contributed by atoms with Gasteiger partial charge in [0.25, 0.3) is 5.91 Å². The Kier molecular flexibility index (Phi) is 4.08. The second-order valence-corrected chi connectivity index (χ2v) is 5.73. The average molecular weight is 332 g/mol.